The molecule has 0 aliphatic carbocycles. The van der Waals surface area contributed by atoms with Crippen LogP contribution in [0.15, 0.2) is 30.3 Å². The molecular weight excluding hydrogens is 472 g/mol. The van der Waals surface area contributed by atoms with Crippen LogP contribution in [0.25, 0.3) is 22.3 Å². The number of hydrogen-bond donors (Lipinski definition) is 1. The van der Waals surface area contributed by atoms with Gasteiger partial charge in [-0.25, -0.2) is 4.98 Å². The lowest BCUT2D eigenvalue weighted by Gasteiger charge is -2.36. The first-order valence-electron chi connectivity index (χ1n) is 12.9. The van der Waals surface area contributed by atoms with E-state index in [0.717, 1.165) is 60.1 Å². The minimum Gasteiger partial charge on any atom is -0.495 e. The van der Waals surface area contributed by atoms with Gasteiger partial charge in [-0.05, 0) is 44.2 Å². The molecule has 2 aromatic heterocycles. The lowest BCUT2D eigenvalue weighted by atomic mass is 10.1. The summed E-state index contributed by atoms with van der Waals surface area (Å²) in [5.74, 6) is 2.32. The van der Waals surface area contributed by atoms with Crippen molar-refractivity contribution < 1.29 is 19.3 Å². The third-order valence-electron chi connectivity index (χ3n) is 6.86. The van der Waals surface area contributed by atoms with Gasteiger partial charge in [-0.15, -0.1) is 0 Å². The van der Waals surface area contributed by atoms with Crippen LogP contribution in [0.3, 0.4) is 0 Å². The first-order valence-corrected chi connectivity index (χ1v) is 12.9. The molecule has 10 heteroatoms. The molecule has 2 aliphatic rings. The molecule has 2 aliphatic heterocycles. The highest BCUT2D eigenvalue weighted by Crippen LogP contribution is 2.34. The molecule has 0 saturated carbocycles. The Balaban J connectivity index is 1.59. The van der Waals surface area contributed by atoms with Crippen LogP contribution < -0.4 is 19.4 Å². The van der Waals surface area contributed by atoms with Crippen LogP contribution in [0.4, 0.5) is 17.5 Å². The highest BCUT2D eigenvalue weighted by molar-refractivity contribution is 5.90. The van der Waals surface area contributed by atoms with Crippen molar-refractivity contribution in [3.63, 3.8) is 0 Å². The average Bonchev–Trinajstić information content (AvgIpc) is 2.91. The van der Waals surface area contributed by atoms with Gasteiger partial charge < -0.3 is 34.0 Å². The molecule has 0 amide bonds. The van der Waals surface area contributed by atoms with E-state index in [1.54, 1.807) is 7.11 Å². The first-order chi connectivity index (χ1) is 18.0. The summed E-state index contributed by atoms with van der Waals surface area (Å²) in [5, 5.41) is 10.4. The second kappa shape index (κ2) is 11.0. The quantitative estimate of drug-likeness (QED) is 0.513. The van der Waals surface area contributed by atoms with Crippen LogP contribution in [0.1, 0.15) is 13.8 Å². The molecule has 1 N–H and O–H groups in total. The normalized spacial score (nSPS) is 20.4. The summed E-state index contributed by atoms with van der Waals surface area (Å²) >= 11 is 0. The molecule has 5 rings (SSSR count). The fourth-order valence-corrected chi connectivity index (χ4v) is 5.06. The van der Waals surface area contributed by atoms with Crippen LogP contribution >= 0.6 is 0 Å². The SMILES string of the molecule is COc1ccc(-c2ccc3c(N4CCOCC4)nc(N4CC(C)OC(C)C4)nc3n2)cc1N(C)CCO. The maximum Gasteiger partial charge on any atom is 0.229 e. The number of hydrogen-bond acceptors (Lipinski definition) is 10. The smallest absolute Gasteiger partial charge is 0.229 e. The second-order valence-electron chi connectivity index (χ2n) is 9.71. The zero-order valence-corrected chi connectivity index (χ0v) is 22.1. The van der Waals surface area contributed by atoms with Gasteiger partial charge in [0.25, 0.3) is 0 Å². The number of aliphatic hydroxyl groups is 1. The van der Waals surface area contributed by atoms with Crippen molar-refractivity contribution in [1.82, 2.24) is 15.0 Å². The third-order valence-corrected chi connectivity index (χ3v) is 6.86. The number of aliphatic hydroxyl groups excluding tert-OH is 1. The molecule has 0 spiro atoms. The summed E-state index contributed by atoms with van der Waals surface area (Å²) in [6.45, 7) is 9.10. The maximum atomic E-state index is 9.43. The Morgan fingerprint density at radius 1 is 1.03 bits per heavy atom. The van der Waals surface area contributed by atoms with E-state index in [0.29, 0.717) is 31.4 Å². The number of anilines is 3. The summed E-state index contributed by atoms with van der Waals surface area (Å²) in [7, 11) is 3.59. The van der Waals surface area contributed by atoms with Gasteiger partial charge in [-0.3, -0.25) is 0 Å². The van der Waals surface area contributed by atoms with Crippen LogP contribution in [0.2, 0.25) is 0 Å². The summed E-state index contributed by atoms with van der Waals surface area (Å²) in [6, 6.07) is 10.1. The fourth-order valence-electron chi connectivity index (χ4n) is 5.06. The van der Waals surface area contributed by atoms with Crippen LogP contribution in [-0.4, -0.2) is 99.0 Å². The molecule has 10 nitrogen and oxygen atoms in total. The number of nitrogens with zero attached hydrogens (tertiary/aromatic N) is 6. The maximum absolute atomic E-state index is 9.43. The van der Waals surface area contributed by atoms with E-state index < -0.39 is 0 Å². The minimum absolute atomic E-state index is 0.0564. The molecule has 1 aromatic carbocycles. The summed E-state index contributed by atoms with van der Waals surface area (Å²) < 4.78 is 17.1. The zero-order chi connectivity index (χ0) is 25.9. The lowest BCUT2D eigenvalue weighted by Crippen LogP contribution is -2.46. The summed E-state index contributed by atoms with van der Waals surface area (Å²) in [4.78, 5) is 21.5. The van der Waals surface area contributed by atoms with Crippen molar-refractivity contribution in [3.05, 3.63) is 30.3 Å². The highest BCUT2D eigenvalue weighted by atomic mass is 16.5. The van der Waals surface area contributed by atoms with Gasteiger partial charge in [-0.2, -0.15) is 9.97 Å². The van der Waals surface area contributed by atoms with E-state index in [4.69, 9.17) is 29.2 Å². The largest absolute Gasteiger partial charge is 0.495 e. The number of aromatic nitrogens is 3. The predicted octanol–water partition coefficient (Wildman–Crippen LogP) is 2.58. The zero-order valence-electron chi connectivity index (χ0n) is 22.1. The Hall–Kier alpha value is -3.21. The van der Waals surface area contributed by atoms with E-state index in [9.17, 15) is 5.11 Å². The topological polar surface area (TPSA) is 96.3 Å². The molecule has 0 radical (unpaired) electrons. The first kappa shape index (κ1) is 25.4. The number of fused-ring (bicyclic) bond motifs is 1. The molecule has 2 saturated heterocycles. The van der Waals surface area contributed by atoms with Crippen LogP contribution in [0, 0.1) is 0 Å². The van der Waals surface area contributed by atoms with Crippen LogP contribution in [0.5, 0.6) is 5.75 Å². The van der Waals surface area contributed by atoms with Crippen molar-refractivity contribution in [2.24, 2.45) is 0 Å². The Labute approximate surface area is 217 Å². The molecule has 3 aromatic rings. The van der Waals surface area contributed by atoms with Gasteiger partial charge in [0, 0.05) is 45.3 Å². The van der Waals surface area contributed by atoms with Gasteiger partial charge in [0.05, 0.1) is 55.9 Å². The molecule has 37 heavy (non-hydrogen) atoms. The highest BCUT2D eigenvalue weighted by Gasteiger charge is 2.27. The Morgan fingerprint density at radius 2 is 1.78 bits per heavy atom. The number of ether oxygens (including phenoxy) is 3. The van der Waals surface area contributed by atoms with Crippen molar-refractivity contribution >= 4 is 28.5 Å². The monoisotopic (exact) mass is 508 g/mol. The summed E-state index contributed by atoms with van der Waals surface area (Å²) in [5.41, 5.74) is 3.32. The minimum atomic E-state index is 0.0564. The van der Waals surface area contributed by atoms with Gasteiger partial charge >= 0.3 is 0 Å². The van der Waals surface area contributed by atoms with E-state index >= 15 is 0 Å². The van der Waals surface area contributed by atoms with Crippen LogP contribution in [-0.2, 0) is 9.47 Å². The molecule has 2 fully saturated rings. The fraction of sp³-hybridized carbons (Fsp3) is 0.519. The standard InChI is InChI=1S/C27H36N6O4/c1-18-16-33(17-19(2)37-18)27-29-25-21(26(30-27)32-10-13-36-14-11-32)6-7-22(28-25)20-5-8-24(35-4)23(15-20)31(3)9-12-34/h5-8,15,18-19,34H,9-14,16-17H2,1-4H3. The van der Waals surface area contributed by atoms with E-state index in [1.807, 2.05) is 36.2 Å². The molecular formula is C27H36N6O4. The number of pyridine rings is 1. The molecule has 2 atom stereocenters. The Morgan fingerprint density at radius 3 is 2.49 bits per heavy atom. The lowest BCUT2D eigenvalue weighted by molar-refractivity contribution is -0.00570. The van der Waals surface area contributed by atoms with Gasteiger partial charge in [-0.1, -0.05) is 0 Å². The molecule has 198 valence electrons. The van der Waals surface area contributed by atoms with E-state index in [1.165, 1.54) is 0 Å². The van der Waals surface area contributed by atoms with Gasteiger partial charge in [0.2, 0.25) is 5.95 Å². The number of rotatable bonds is 7. The molecule has 2 unspecified atom stereocenters. The number of likely N-dealkylation sites (N-methyl/N-ethyl adjacent to an activating group) is 1. The van der Waals surface area contributed by atoms with Gasteiger partial charge in [0.1, 0.15) is 11.6 Å². The number of morpholine rings is 2. The number of methoxy groups -OCH3 is 1. The van der Waals surface area contributed by atoms with Crippen molar-refractivity contribution in [2.45, 2.75) is 26.1 Å². The molecule has 4 heterocycles. The average molecular weight is 509 g/mol. The third kappa shape index (κ3) is 5.41. The second-order valence-corrected chi connectivity index (χ2v) is 9.71. The van der Waals surface area contributed by atoms with E-state index in [-0.39, 0.29) is 18.8 Å². The van der Waals surface area contributed by atoms with Crippen molar-refractivity contribution in [1.29, 1.82) is 0 Å². The van der Waals surface area contributed by atoms with Crippen molar-refractivity contribution in [3.8, 4) is 17.0 Å². The van der Waals surface area contributed by atoms with Gasteiger partial charge in [0.15, 0.2) is 5.65 Å². The Bertz CT molecular complexity index is 1220. The summed E-state index contributed by atoms with van der Waals surface area (Å²) in [6.07, 6.45) is 0.200. The number of benzene rings is 1. The Kier molecular flexibility index (Phi) is 7.59. The van der Waals surface area contributed by atoms with Crippen molar-refractivity contribution in [2.75, 3.05) is 81.4 Å². The molecule has 0 bridgehead atoms. The predicted molar refractivity (Wildman–Crippen MR) is 145 cm³/mol. The van der Waals surface area contributed by atoms with E-state index in [2.05, 4.69) is 29.7 Å².